The molecule has 2 atom stereocenters. The summed E-state index contributed by atoms with van der Waals surface area (Å²) in [6.07, 6.45) is 2.57. The van der Waals surface area contributed by atoms with Gasteiger partial charge in [-0.05, 0) is 30.7 Å². The van der Waals surface area contributed by atoms with E-state index in [1.54, 1.807) is 18.6 Å². The van der Waals surface area contributed by atoms with Gasteiger partial charge in [-0.25, -0.2) is 4.79 Å². The normalized spacial score (nSPS) is 23.3. The molecule has 0 saturated heterocycles. The summed E-state index contributed by atoms with van der Waals surface area (Å²) >= 11 is 1.24. The Hall–Kier alpha value is -1.38. The molecule has 5 heteroatoms. The Kier molecular flexibility index (Phi) is 3.77. The van der Waals surface area contributed by atoms with Crippen LogP contribution in [0.25, 0.3) is 0 Å². The Morgan fingerprint density at radius 2 is 2.29 bits per heavy atom. The molecule has 4 nitrogen and oxygen atoms in total. The van der Waals surface area contributed by atoms with E-state index in [2.05, 4.69) is 0 Å². The minimum absolute atomic E-state index is 0.00977. The van der Waals surface area contributed by atoms with Crippen LogP contribution in [0.4, 0.5) is 0 Å². The maximum Gasteiger partial charge on any atom is 0.350 e. The first kappa shape index (κ1) is 12.1. The van der Waals surface area contributed by atoms with E-state index in [0.29, 0.717) is 10.4 Å². The SMILES string of the molecule is CO[C@H]1CCC[C@H]1OC(=O)c1sccc1C#N. The van der Waals surface area contributed by atoms with Crippen molar-refractivity contribution in [2.24, 2.45) is 0 Å². The quantitative estimate of drug-likeness (QED) is 0.774. The van der Waals surface area contributed by atoms with E-state index in [4.69, 9.17) is 14.7 Å². The summed E-state index contributed by atoms with van der Waals surface area (Å²) in [7, 11) is 1.63. The molecule has 1 fully saturated rings. The van der Waals surface area contributed by atoms with Gasteiger partial charge in [0.25, 0.3) is 0 Å². The molecule has 1 aliphatic rings. The number of rotatable bonds is 3. The third-order valence-electron chi connectivity index (χ3n) is 2.92. The molecule has 0 radical (unpaired) electrons. The van der Waals surface area contributed by atoms with Crippen LogP contribution < -0.4 is 0 Å². The molecule has 1 aromatic rings. The van der Waals surface area contributed by atoms with Gasteiger partial charge in [-0.3, -0.25) is 0 Å². The van der Waals surface area contributed by atoms with Crippen molar-refractivity contribution in [2.75, 3.05) is 7.11 Å². The first-order chi connectivity index (χ1) is 8.26. The average Bonchev–Trinajstić information content (AvgIpc) is 2.96. The Balaban J connectivity index is 2.05. The Labute approximate surface area is 104 Å². The molecule has 0 amide bonds. The van der Waals surface area contributed by atoms with Gasteiger partial charge in [0, 0.05) is 7.11 Å². The highest BCUT2D eigenvalue weighted by atomic mass is 32.1. The van der Waals surface area contributed by atoms with E-state index < -0.39 is 5.97 Å². The van der Waals surface area contributed by atoms with Crippen LogP contribution in [0.15, 0.2) is 11.4 Å². The van der Waals surface area contributed by atoms with Gasteiger partial charge in [-0.1, -0.05) is 0 Å². The molecule has 2 rings (SSSR count). The van der Waals surface area contributed by atoms with Gasteiger partial charge in [-0.15, -0.1) is 11.3 Å². The number of thiophene rings is 1. The highest BCUT2D eigenvalue weighted by Gasteiger charge is 2.31. The number of esters is 1. The van der Waals surface area contributed by atoms with Crippen molar-refractivity contribution in [1.29, 1.82) is 5.26 Å². The molecule has 0 unspecified atom stereocenters. The van der Waals surface area contributed by atoms with E-state index in [1.807, 2.05) is 6.07 Å². The van der Waals surface area contributed by atoms with Crippen LogP contribution in [0.1, 0.15) is 34.5 Å². The van der Waals surface area contributed by atoms with Gasteiger partial charge in [0.1, 0.15) is 17.1 Å². The molecule has 0 aromatic carbocycles. The Morgan fingerprint density at radius 3 is 3.00 bits per heavy atom. The molecule has 1 saturated carbocycles. The van der Waals surface area contributed by atoms with Crippen LogP contribution >= 0.6 is 11.3 Å². The third-order valence-corrected chi connectivity index (χ3v) is 3.82. The Morgan fingerprint density at radius 1 is 1.53 bits per heavy atom. The van der Waals surface area contributed by atoms with Crippen molar-refractivity contribution >= 4 is 17.3 Å². The van der Waals surface area contributed by atoms with Gasteiger partial charge < -0.3 is 9.47 Å². The summed E-state index contributed by atoms with van der Waals surface area (Å²) in [6.45, 7) is 0. The Bertz CT molecular complexity index is 449. The first-order valence-electron chi connectivity index (χ1n) is 5.47. The lowest BCUT2D eigenvalue weighted by atomic mass is 10.2. The summed E-state index contributed by atoms with van der Waals surface area (Å²) in [5.41, 5.74) is 0.381. The molecular weight excluding hydrogens is 238 g/mol. The molecule has 0 bridgehead atoms. The predicted molar refractivity (Wildman–Crippen MR) is 62.9 cm³/mol. The van der Waals surface area contributed by atoms with Crippen molar-refractivity contribution in [3.8, 4) is 6.07 Å². The number of hydrogen-bond donors (Lipinski definition) is 0. The van der Waals surface area contributed by atoms with Crippen LogP contribution in [-0.2, 0) is 9.47 Å². The van der Waals surface area contributed by atoms with Crippen LogP contribution in [0.2, 0.25) is 0 Å². The van der Waals surface area contributed by atoms with Crippen LogP contribution in [0.5, 0.6) is 0 Å². The van der Waals surface area contributed by atoms with Crippen molar-refractivity contribution in [2.45, 2.75) is 31.5 Å². The van der Waals surface area contributed by atoms with E-state index in [9.17, 15) is 4.79 Å². The van der Waals surface area contributed by atoms with Gasteiger partial charge in [0.2, 0.25) is 0 Å². The third kappa shape index (κ3) is 2.48. The van der Waals surface area contributed by atoms with E-state index in [1.165, 1.54) is 11.3 Å². The second-order valence-electron chi connectivity index (χ2n) is 3.92. The molecule has 0 aliphatic heterocycles. The number of nitrogens with zero attached hydrogens (tertiary/aromatic N) is 1. The molecule has 1 heterocycles. The number of carbonyl (C=O) groups excluding carboxylic acids is 1. The maximum absolute atomic E-state index is 11.9. The summed E-state index contributed by atoms with van der Waals surface area (Å²) in [5, 5.41) is 10.6. The highest BCUT2D eigenvalue weighted by Crippen LogP contribution is 2.26. The van der Waals surface area contributed by atoms with Crippen molar-refractivity contribution < 1.29 is 14.3 Å². The summed E-state index contributed by atoms with van der Waals surface area (Å²) < 4.78 is 10.7. The van der Waals surface area contributed by atoms with Gasteiger partial charge in [0.05, 0.1) is 11.7 Å². The fourth-order valence-electron chi connectivity index (χ4n) is 2.04. The monoisotopic (exact) mass is 251 g/mol. The van der Waals surface area contributed by atoms with Crippen LogP contribution in [0, 0.1) is 11.3 Å². The smallest absolute Gasteiger partial charge is 0.350 e. The van der Waals surface area contributed by atoms with Crippen molar-refractivity contribution in [1.82, 2.24) is 0 Å². The first-order valence-corrected chi connectivity index (χ1v) is 6.35. The van der Waals surface area contributed by atoms with E-state index in [-0.39, 0.29) is 12.2 Å². The van der Waals surface area contributed by atoms with Gasteiger partial charge >= 0.3 is 5.97 Å². The minimum Gasteiger partial charge on any atom is -0.455 e. The molecule has 90 valence electrons. The minimum atomic E-state index is -0.412. The lowest BCUT2D eigenvalue weighted by molar-refractivity contribution is -0.0203. The lowest BCUT2D eigenvalue weighted by Crippen LogP contribution is -2.27. The summed E-state index contributed by atoms with van der Waals surface area (Å²) in [5.74, 6) is -0.412. The standard InChI is InChI=1S/C12H13NO3S/c1-15-9-3-2-4-10(9)16-12(14)11-8(7-13)5-6-17-11/h5-6,9-10H,2-4H2,1H3/t9-,10+/m0/s1. The zero-order valence-corrected chi connectivity index (χ0v) is 10.3. The zero-order valence-electron chi connectivity index (χ0n) is 9.51. The van der Waals surface area contributed by atoms with Crippen LogP contribution in [-0.4, -0.2) is 25.3 Å². The van der Waals surface area contributed by atoms with E-state index >= 15 is 0 Å². The number of methoxy groups -OCH3 is 1. The van der Waals surface area contributed by atoms with Crippen molar-refractivity contribution in [3.05, 3.63) is 21.9 Å². The second-order valence-corrected chi connectivity index (χ2v) is 4.84. The fraction of sp³-hybridized carbons (Fsp3) is 0.500. The number of carbonyl (C=O) groups is 1. The molecular formula is C12H13NO3S. The lowest BCUT2D eigenvalue weighted by Gasteiger charge is -2.18. The topological polar surface area (TPSA) is 59.3 Å². The number of hydrogen-bond acceptors (Lipinski definition) is 5. The average molecular weight is 251 g/mol. The van der Waals surface area contributed by atoms with Crippen LogP contribution in [0.3, 0.4) is 0 Å². The van der Waals surface area contributed by atoms with E-state index in [0.717, 1.165) is 19.3 Å². The number of nitriles is 1. The van der Waals surface area contributed by atoms with Gasteiger partial charge in [0.15, 0.2) is 0 Å². The molecule has 1 aromatic heterocycles. The molecule has 0 N–H and O–H groups in total. The number of ether oxygens (including phenoxy) is 2. The molecule has 17 heavy (non-hydrogen) atoms. The summed E-state index contributed by atoms with van der Waals surface area (Å²) in [6, 6.07) is 3.61. The molecule has 1 aliphatic carbocycles. The predicted octanol–water partition coefficient (Wildman–Crippen LogP) is 2.34. The summed E-state index contributed by atoms with van der Waals surface area (Å²) in [4.78, 5) is 12.3. The zero-order chi connectivity index (χ0) is 12.3. The van der Waals surface area contributed by atoms with Gasteiger partial charge in [-0.2, -0.15) is 5.26 Å². The molecule has 0 spiro atoms. The van der Waals surface area contributed by atoms with Crippen molar-refractivity contribution in [3.63, 3.8) is 0 Å². The second kappa shape index (κ2) is 5.30. The largest absolute Gasteiger partial charge is 0.455 e. The highest BCUT2D eigenvalue weighted by molar-refractivity contribution is 7.12. The fourth-order valence-corrected chi connectivity index (χ4v) is 2.77. The maximum atomic E-state index is 11.9.